The van der Waals surface area contributed by atoms with Crippen LogP contribution in [0.25, 0.3) is 0 Å². The van der Waals surface area contributed by atoms with Crippen molar-refractivity contribution in [2.45, 2.75) is 6.92 Å². The van der Waals surface area contributed by atoms with Gasteiger partial charge in [0.25, 0.3) is 0 Å². The number of anilines is 3. The molecule has 0 saturated heterocycles. The Morgan fingerprint density at radius 1 is 1.20 bits per heavy atom. The van der Waals surface area contributed by atoms with E-state index in [4.69, 9.17) is 18.1 Å². The fraction of sp³-hybridized carbons (Fsp3) is 0.235. The molecule has 0 aliphatic rings. The molecule has 3 N–H and O–H groups in total. The summed E-state index contributed by atoms with van der Waals surface area (Å²) in [4.78, 5) is 17.4. The first kappa shape index (κ1) is 19.2. The monoisotopic (exact) mass is 375 g/mol. The number of hydrazine groups is 1. The van der Waals surface area contributed by atoms with Crippen molar-refractivity contribution in [1.29, 1.82) is 0 Å². The highest BCUT2D eigenvalue weighted by atomic mass is 32.2. The number of hydrogen-bond donors (Lipinski definition) is 2. The molecule has 0 saturated carbocycles. The van der Waals surface area contributed by atoms with Gasteiger partial charge < -0.3 is 10.2 Å². The summed E-state index contributed by atoms with van der Waals surface area (Å²) in [5.74, 6) is 6.40. The van der Waals surface area contributed by atoms with Crippen LogP contribution < -0.4 is 21.1 Å². The van der Waals surface area contributed by atoms with E-state index in [9.17, 15) is 4.79 Å². The summed E-state index contributed by atoms with van der Waals surface area (Å²) in [6.07, 6.45) is 1.58. The summed E-state index contributed by atoms with van der Waals surface area (Å²) < 4.78 is 0.626. The number of benzene rings is 1. The largest absolute Gasteiger partial charge is 0.378 e. The SMILES string of the molecule is CC(=O)c1ccc(N(N)CSC(=S)Nc2ccc(N(C)C)cc2)cn1. The van der Waals surface area contributed by atoms with Crippen LogP contribution in [0.3, 0.4) is 0 Å². The van der Waals surface area contributed by atoms with Gasteiger partial charge in [-0.25, -0.2) is 5.84 Å². The van der Waals surface area contributed by atoms with Gasteiger partial charge in [0.15, 0.2) is 5.78 Å². The molecule has 0 fully saturated rings. The summed E-state index contributed by atoms with van der Waals surface area (Å²) >= 11 is 6.75. The third-order valence-electron chi connectivity index (χ3n) is 3.41. The summed E-state index contributed by atoms with van der Waals surface area (Å²) in [5, 5.41) is 4.70. The van der Waals surface area contributed by atoms with Crippen molar-refractivity contribution in [2.24, 2.45) is 5.84 Å². The van der Waals surface area contributed by atoms with Crippen molar-refractivity contribution in [3.63, 3.8) is 0 Å². The molecule has 2 aromatic rings. The molecular formula is C17H21N5OS2. The maximum atomic E-state index is 11.2. The predicted molar refractivity (Wildman–Crippen MR) is 110 cm³/mol. The molecule has 0 radical (unpaired) electrons. The quantitative estimate of drug-likeness (QED) is 0.262. The molecular weight excluding hydrogens is 354 g/mol. The third kappa shape index (κ3) is 5.70. The number of thiocarbonyl (C=S) groups is 1. The van der Waals surface area contributed by atoms with Gasteiger partial charge in [-0.3, -0.25) is 14.8 Å². The Labute approximate surface area is 157 Å². The van der Waals surface area contributed by atoms with E-state index in [0.29, 0.717) is 15.9 Å². The van der Waals surface area contributed by atoms with Crippen LogP contribution in [0.2, 0.25) is 0 Å². The fourth-order valence-electron chi connectivity index (χ4n) is 1.96. The molecule has 1 aromatic carbocycles. The first-order valence-electron chi connectivity index (χ1n) is 7.57. The van der Waals surface area contributed by atoms with Crippen LogP contribution in [0, 0.1) is 0 Å². The van der Waals surface area contributed by atoms with Gasteiger partial charge in [0.05, 0.1) is 17.8 Å². The van der Waals surface area contributed by atoms with Gasteiger partial charge in [0.2, 0.25) is 0 Å². The van der Waals surface area contributed by atoms with Crippen molar-refractivity contribution in [3.8, 4) is 0 Å². The number of nitrogens with zero attached hydrogens (tertiary/aromatic N) is 3. The highest BCUT2D eigenvalue weighted by molar-refractivity contribution is 8.23. The molecule has 0 bridgehead atoms. The van der Waals surface area contributed by atoms with Gasteiger partial charge in [-0.1, -0.05) is 24.0 Å². The minimum atomic E-state index is -0.0739. The molecule has 6 nitrogen and oxygen atoms in total. The van der Waals surface area contributed by atoms with Gasteiger partial charge in [-0.2, -0.15) is 0 Å². The molecule has 132 valence electrons. The maximum absolute atomic E-state index is 11.2. The van der Waals surface area contributed by atoms with Crippen LogP contribution >= 0.6 is 24.0 Å². The summed E-state index contributed by atoms with van der Waals surface area (Å²) in [6, 6.07) is 11.4. The summed E-state index contributed by atoms with van der Waals surface area (Å²) in [7, 11) is 3.99. The predicted octanol–water partition coefficient (Wildman–Crippen LogP) is 3.12. The number of pyridine rings is 1. The Balaban J connectivity index is 1.85. The number of carbonyl (C=O) groups is 1. The molecule has 1 aromatic heterocycles. The average Bonchev–Trinajstić information content (AvgIpc) is 2.60. The van der Waals surface area contributed by atoms with Crippen LogP contribution in [-0.2, 0) is 0 Å². The van der Waals surface area contributed by atoms with E-state index in [1.165, 1.54) is 23.7 Å². The molecule has 0 unspecified atom stereocenters. The lowest BCUT2D eigenvalue weighted by Crippen LogP contribution is -2.31. The Bertz CT molecular complexity index is 732. The Hall–Kier alpha value is -2.16. The number of nitrogens with one attached hydrogen (secondary N) is 1. The number of thioether (sulfide) groups is 1. The zero-order valence-electron chi connectivity index (χ0n) is 14.4. The van der Waals surface area contributed by atoms with Crippen molar-refractivity contribution in [3.05, 3.63) is 48.3 Å². The van der Waals surface area contributed by atoms with Gasteiger partial charge in [0, 0.05) is 32.4 Å². The highest BCUT2D eigenvalue weighted by Gasteiger charge is 2.07. The van der Waals surface area contributed by atoms with Crippen LogP contribution in [0.4, 0.5) is 17.1 Å². The number of aromatic nitrogens is 1. The standard InChI is InChI=1S/C17H21N5OS2/c1-12(23)16-9-8-15(10-19-16)22(18)11-25-17(24)20-13-4-6-14(7-5-13)21(2)3/h4-10H,11,18H2,1-3H3,(H,20,24). The van der Waals surface area contributed by atoms with Crippen LogP contribution in [-0.4, -0.2) is 35.1 Å². The van der Waals surface area contributed by atoms with E-state index in [1.54, 1.807) is 18.3 Å². The van der Waals surface area contributed by atoms with Crippen LogP contribution in [0.15, 0.2) is 42.6 Å². The Kier molecular flexibility index (Phi) is 6.74. The second-order valence-electron chi connectivity index (χ2n) is 5.55. The smallest absolute Gasteiger partial charge is 0.178 e. The van der Waals surface area contributed by atoms with E-state index < -0.39 is 0 Å². The second-order valence-corrected chi connectivity index (χ2v) is 7.18. The van der Waals surface area contributed by atoms with E-state index in [1.807, 2.05) is 43.3 Å². The number of Topliss-reactive ketones (excluding diaryl/α,β-unsaturated/α-hetero) is 1. The molecule has 8 heteroatoms. The fourth-order valence-corrected chi connectivity index (χ4v) is 2.84. The third-order valence-corrected chi connectivity index (χ3v) is 4.63. The number of nitrogens with two attached hydrogens (primary N) is 1. The first-order valence-corrected chi connectivity index (χ1v) is 8.96. The van der Waals surface area contributed by atoms with Crippen LogP contribution in [0.1, 0.15) is 17.4 Å². The van der Waals surface area contributed by atoms with Crippen molar-refractivity contribution >= 4 is 51.1 Å². The highest BCUT2D eigenvalue weighted by Crippen LogP contribution is 2.19. The molecule has 25 heavy (non-hydrogen) atoms. The molecule has 2 rings (SSSR count). The number of rotatable bonds is 6. The average molecular weight is 376 g/mol. The minimum Gasteiger partial charge on any atom is -0.378 e. The lowest BCUT2D eigenvalue weighted by Gasteiger charge is -2.18. The number of carbonyl (C=O) groups excluding carboxylic acids is 1. The lowest BCUT2D eigenvalue weighted by atomic mass is 10.2. The topological polar surface area (TPSA) is 74.5 Å². The van der Waals surface area contributed by atoms with Crippen molar-refractivity contribution in [1.82, 2.24) is 4.98 Å². The first-order chi connectivity index (χ1) is 11.9. The minimum absolute atomic E-state index is 0.0739. The number of ketones is 1. The van der Waals surface area contributed by atoms with E-state index >= 15 is 0 Å². The second kappa shape index (κ2) is 8.80. The molecule has 0 amide bonds. The summed E-state index contributed by atoms with van der Waals surface area (Å²) in [6.45, 7) is 1.48. The zero-order chi connectivity index (χ0) is 18.4. The maximum Gasteiger partial charge on any atom is 0.178 e. The zero-order valence-corrected chi connectivity index (χ0v) is 16.0. The molecule has 0 atom stereocenters. The lowest BCUT2D eigenvalue weighted by molar-refractivity contribution is 0.101. The van der Waals surface area contributed by atoms with Gasteiger partial charge in [0.1, 0.15) is 10.0 Å². The van der Waals surface area contributed by atoms with E-state index in [-0.39, 0.29) is 5.78 Å². The van der Waals surface area contributed by atoms with Gasteiger partial charge in [-0.05, 0) is 36.4 Å². The van der Waals surface area contributed by atoms with Crippen molar-refractivity contribution < 1.29 is 4.79 Å². The van der Waals surface area contributed by atoms with Gasteiger partial charge >= 0.3 is 0 Å². The Morgan fingerprint density at radius 2 is 1.84 bits per heavy atom. The van der Waals surface area contributed by atoms with Gasteiger partial charge in [-0.15, -0.1) is 0 Å². The van der Waals surface area contributed by atoms with Crippen LogP contribution in [0.5, 0.6) is 0 Å². The van der Waals surface area contributed by atoms with E-state index in [2.05, 4.69) is 10.3 Å². The van der Waals surface area contributed by atoms with E-state index in [0.717, 1.165) is 17.1 Å². The molecule has 0 aliphatic carbocycles. The number of hydrogen-bond acceptors (Lipinski definition) is 7. The summed E-state index contributed by atoms with van der Waals surface area (Å²) in [5.41, 5.74) is 3.19. The molecule has 0 aliphatic heterocycles. The molecule has 0 spiro atoms. The van der Waals surface area contributed by atoms with Crippen molar-refractivity contribution in [2.75, 3.05) is 35.2 Å². The Morgan fingerprint density at radius 3 is 2.36 bits per heavy atom. The molecule has 1 heterocycles. The normalized spacial score (nSPS) is 10.2.